The first-order valence-electron chi connectivity index (χ1n) is 6.88. The standard InChI is InChI=1S/C15H17NO3S/c17-15(18)14-12(9-16-19-10-5-1-2-6-10)11-7-3-4-8-13(11)20-14/h3-4,7-8,10,16H,1-2,5-6,9H2,(H,17,18). The zero-order chi connectivity index (χ0) is 13.9. The molecular formula is C15H17NO3S. The topological polar surface area (TPSA) is 58.6 Å². The zero-order valence-corrected chi connectivity index (χ0v) is 11.9. The molecule has 1 aromatic heterocycles. The van der Waals surface area contributed by atoms with Gasteiger partial charge in [0, 0.05) is 16.8 Å². The average Bonchev–Trinajstić information content (AvgIpc) is 3.07. The van der Waals surface area contributed by atoms with Crippen molar-refractivity contribution < 1.29 is 14.7 Å². The molecule has 4 nitrogen and oxygen atoms in total. The van der Waals surface area contributed by atoms with Gasteiger partial charge in [0.2, 0.25) is 0 Å². The highest BCUT2D eigenvalue weighted by Crippen LogP contribution is 2.31. The van der Waals surface area contributed by atoms with Crippen LogP contribution in [-0.4, -0.2) is 17.2 Å². The van der Waals surface area contributed by atoms with Gasteiger partial charge in [0.1, 0.15) is 4.88 Å². The highest BCUT2D eigenvalue weighted by molar-refractivity contribution is 7.21. The number of carboxylic acid groups (broad SMARTS) is 1. The fourth-order valence-electron chi connectivity index (χ4n) is 2.68. The Balaban J connectivity index is 1.78. The van der Waals surface area contributed by atoms with Crippen molar-refractivity contribution in [3.05, 3.63) is 34.7 Å². The van der Waals surface area contributed by atoms with Crippen molar-refractivity contribution in [1.29, 1.82) is 0 Å². The molecule has 20 heavy (non-hydrogen) atoms. The van der Waals surface area contributed by atoms with E-state index in [4.69, 9.17) is 4.84 Å². The number of hydroxylamine groups is 1. The highest BCUT2D eigenvalue weighted by Gasteiger charge is 2.19. The molecule has 0 aliphatic heterocycles. The second-order valence-electron chi connectivity index (χ2n) is 5.06. The van der Waals surface area contributed by atoms with Crippen molar-refractivity contribution in [1.82, 2.24) is 5.48 Å². The fourth-order valence-corrected chi connectivity index (χ4v) is 3.75. The van der Waals surface area contributed by atoms with E-state index < -0.39 is 5.97 Å². The van der Waals surface area contributed by atoms with Crippen molar-refractivity contribution in [2.75, 3.05) is 0 Å². The Labute approximate surface area is 121 Å². The van der Waals surface area contributed by atoms with E-state index in [2.05, 4.69) is 5.48 Å². The van der Waals surface area contributed by atoms with Gasteiger partial charge >= 0.3 is 5.97 Å². The van der Waals surface area contributed by atoms with Crippen molar-refractivity contribution in [2.45, 2.75) is 38.3 Å². The number of benzene rings is 1. The lowest BCUT2D eigenvalue weighted by molar-refractivity contribution is -0.0242. The third kappa shape index (κ3) is 2.70. The van der Waals surface area contributed by atoms with Crippen LogP contribution >= 0.6 is 11.3 Å². The minimum Gasteiger partial charge on any atom is -0.477 e. The largest absolute Gasteiger partial charge is 0.477 e. The van der Waals surface area contributed by atoms with E-state index in [1.54, 1.807) is 0 Å². The van der Waals surface area contributed by atoms with E-state index >= 15 is 0 Å². The number of hydrogen-bond acceptors (Lipinski definition) is 4. The summed E-state index contributed by atoms with van der Waals surface area (Å²) in [7, 11) is 0. The zero-order valence-electron chi connectivity index (χ0n) is 11.1. The van der Waals surface area contributed by atoms with Crippen molar-refractivity contribution in [2.24, 2.45) is 0 Å². The SMILES string of the molecule is O=C(O)c1sc2ccccc2c1CNOC1CCCC1. The van der Waals surface area contributed by atoms with E-state index in [9.17, 15) is 9.90 Å². The number of fused-ring (bicyclic) bond motifs is 1. The lowest BCUT2D eigenvalue weighted by atomic mass is 10.1. The molecule has 0 bridgehead atoms. The molecule has 0 amide bonds. The van der Waals surface area contributed by atoms with Crippen LogP contribution in [0.25, 0.3) is 10.1 Å². The molecule has 5 heteroatoms. The molecule has 106 valence electrons. The Hall–Kier alpha value is -1.43. The van der Waals surface area contributed by atoms with Gasteiger partial charge in [0.05, 0.1) is 6.10 Å². The number of hydrogen-bond donors (Lipinski definition) is 2. The molecule has 0 unspecified atom stereocenters. The van der Waals surface area contributed by atoms with E-state index in [1.165, 1.54) is 24.2 Å². The smallest absolute Gasteiger partial charge is 0.346 e. The van der Waals surface area contributed by atoms with Crippen LogP contribution in [0.4, 0.5) is 0 Å². The maximum atomic E-state index is 11.4. The Bertz CT molecular complexity index is 617. The lowest BCUT2D eigenvalue weighted by Crippen LogP contribution is -2.22. The number of carbonyl (C=O) groups is 1. The first kappa shape index (κ1) is 13.5. The van der Waals surface area contributed by atoms with Crippen molar-refractivity contribution in [3.8, 4) is 0 Å². The number of thiophene rings is 1. The van der Waals surface area contributed by atoms with Crippen molar-refractivity contribution >= 4 is 27.4 Å². The van der Waals surface area contributed by atoms with Crippen LogP contribution in [0, 0.1) is 0 Å². The molecule has 1 aliphatic carbocycles. The van der Waals surface area contributed by atoms with E-state index in [0.717, 1.165) is 28.5 Å². The van der Waals surface area contributed by atoms with Gasteiger partial charge in [-0.25, -0.2) is 4.79 Å². The van der Waals surface area contributed by atoms with Gasteiger partial charge in [-0.1, -0.05) is 31.0 Å². The average molecular weight is 291 g/mol. The summed E-state index contributed by atoms with van der Waals surface area (Å²) in [5.41, 5.74) is 3.78. The maximum Gasteiger partial charge on any atom is 0.346 e. The molecule has 0 radical (unpaired) electrons. The third-order valence-electron chi connectivity index (χ3n) is 3.69. The van der Waals surface area contributed by atoms with E-state index in [-0.39, 0.29) is 6.10 Å². The van der Waals surface area contributed by atoms with Gasteiger partial charge in [-0.2, -0.15) is 5.48 Å². The fraction of sp³-hybridized carbons (Fsp3) is 0.400. The Morgan fingerprint density at radius 1 is 1.35 bits per heavy atom. The molecule has 3 rings (SSSR count). The number of rotatable bonds is 5. The van der Waals surface area contributed by atoms with Crippen LogP contribution in [0.5, 0.6) is 0 Å². The van der Waals surface area contributed by atoms with Crippen molar-refractivity contribution in [3.63, 3.8) is 0 Å². The van der Waals surface area contributed by atoms with Gasteiger partial charge in [0.25, 0.3) is 0 Å². The number of nitrogens with one attached hydrogen (secondary N) is 1. The van der Waals surface area contributed by atoms with Gasteiger partial charge in [-0.3, -0.25) is 4.84 Å². The molecular weight excluding hydrogens is 274 g/mol. The summed E-state index contributed by atoms with van der Waals surface area (Å²) in [6.07, 6.45) is 4.88. The summed E-state index contributed by atoms with van der Waals surface area (Å²) in [4.78, 5) is 17.4. The monoisotopic (exact) mass is 291 g/mol. The van der Waals surface area contributed by atoms with Crippen LogP contribution in [0.15, 0.2) is 24.3 Å². The van der Waals surface area contributed by atoms with Crippen LogP contribution in [0.3, 0.4) is 0 Å². The molecule has 1 fully saturated rings. The van der Waals surface area contributed by atoms with Crippen LogP contribution < -0.4 is 5.48 Å². The van der Waals surface area contributed by atoms with Crippen LogP contribution in [-0.2, 0) is 11.4 Å². The highest BCUT2D eigenvalue weighted by atomic mass is 32.1. The molecule has 0 spiro atoms. The summed E-state index contributed by atoms with van der Waals surface area (Å²) in [6, 6.07) is 7.78. The summed E-state index contributed by atoms with van der Waals surface area (Å²) in [6.45, 7) is 0.433. The maximum absolute atomic E-state index is 11.4. The first-order valence-corrected chi connectivity index (χ1v) is 7.69. The molecule has 1 saturated carbocycles. The number of aromatic carboxylic acids is 1. The van der Waals surface area contributed by atoms with E-state index in [0.29, 0.717) is 11.4 Å². The summed E-state index contributed by atoms with van der Waals surface area (Å²) >= 11 is 1.32. The molecule has 2 aromatic rings. The molecule has 0 saturated heterocycles. The second kappa shape index (κ2) is 5.91. The minimum atomic E-state index is -0.871. The summed E-state index contributed by atoms with van der Waals surface area (Å²) in [5.74, 6) is -0.871. The summed E-state index contributed by atoms with van der Waals surface area (Å²) in [5, 5.41) is 10.3. The molecule has 1 aliphatic rings. The van der Waals surface area contributed by atoms with Gasteiger partial charge < -0.3 is 5.11 Å². The number of carboxylic acids is 1. The quantitative estimate of drug-likeness (QED) is 0.827. The first-order chi connectivity index (χ1) is 9.75. The van der Waals surface area contributed by atoms with Gasteiger partial charge in [-0.15, -0.1) is 11.3 Å². The third-order valence-corrected chi connectivity index (χ3v) is 4.89. The molecule has 1 heterocycles. The van der Waals surface area contributed by atoms with Crippen LogP contribution in [0.1, 0.15) is 40.9 Å². The summed E-state index contributed by atoms with van der Waals surface area (Å²) < 4.78 is 1.00. The Morgan fingerprint density at radius 3 is 2.85 bits per heavy atom. The van der Waals surface area contributed by atoms with Crippen LogP contribution in [0.2, 0.25) is 0 Å². The van der Waals surface area contributed by atoms with Gasteiger partial charge in [-0.05, 0) is 24.3 Å². The van der Waals surface area contributed by atoms with Gasteiger partial charge in [0.15, 0.2) is 0 Å². The Morgan fingerprint density at radius 2 is 2.10 bits per heavy atom. The van der Waals surface area contributed by atoms with E-state index in [1.807, 2.05) is 24.3 Å². The molecule has 2 N–H and O–H groups in total. The molecule has 1 aromatic carbocycles. The molecule has 0 atom stereocenters. The Kier molecular flexibility index (Phi) is 4.00. The predicted octanol–water partition coefficient (Wildman–Crippen LogP) is 3.56. The minimum absolute atomic E-state index is 0.271. The second-order valence-corrected chi connectivity index (χ2v) is 6.11. The lowest BCUT2D eigenvalue weighted by Gasteiger charge is -2.11. The predicted molar refractivity (Wildman–Crippen MR) is 79.0 cm³/mol. The normalized spacial score (nSPS) is 16.0.